The van der Waals surface area contributed by atoms with Crippen LogP contribution in [-0.2, 0) is 14.3 Å². The molecule has 0 amide bonds. The van der Waals surface area contributed by atoms with Crippen molar-refractivity contribution in [3.05, 3.63) is 0 Å². The molecule has 0 aromatic carbocycles. The Balaban J connectivity index is 4.26. The first-order valence-electron chi connectivity index (χ1n) is 3.32. The molecule has 5 heteroatoms. The van der Waals surface area contributed by atoms with Gasteiger partial charge >= 0.3 is 0 Å². The minimum absolute atomic E-state index is 0.129. The van der Waals surface area contributed by atoms with E-state index in [1.165, 1.54) is 20.8 Å². The van der Waals surface area contributed by atoms with Crippen molar-refractivity contribution < 1.29 is 17.0 Å². The summed E-state index contributed by atoms with van der Waals surface area (Å²) in [6.07, 6.45) is 0. The molecule has 11 heavy (non-hydrogen) atoms. The first-order chi connectivity index (χ1) is 4.83. The van der Waals surface area contributed by atoms with Crippen molar-refractivity contribution in [1.29, 1.82) is 0 Å². The van der Waals surface area contributed by atoms with E-state index in [2.05, 4.69) is 4.18 Å². The van der Waals surface area contributed by atoms with Gasteiger partial charge in [0, 0.05) is 0 Å². The van der Waals surface area contributed by atoms with E-state index in [1.54, 1.807) is 0 Å². The van der Waals surface area contributed by atoms with Crippen LogP contribution in [0.3, 0.4) is 0 Å². The van der Waals surface area contributed by atoms with E-state index in [0.29, 0.717) is 0 Å². The van der Waals surface area contributed by atoms with Gasteiger partial charge in [0.2, 0.25) is 0 Å². The molecule has 0 radical (unpaired) electrons. The summed E-state index contributed by atoms with van der Waals surface area (Å²) >= 11 is 0. The van der Waals surface area contributed by atoms with Gasteiger partial charge in [-0.2, -0.15) is 8.42 Å². The fraction of sp³-hybridized carbons (Fsp3) is 1.00. The molecule has 0 fully saturated rings. The summed E-state index contributed by atoms with van der Waals surface area (Å²) in [6.45, 7) is 3.41. The normalized spacial score (nSPS) is 13.5. The molecule has 0 aliphatic carbocycles. The van der Waals surface area contributed by atoms with Crippen molar-refractivity contribution in [2.45, 2.75) is 26.4 Å². The fourth-order valence-corrected chi connectivity index (χ4v) is 1.27. The third-order valence-corrected chi connectivity index (χ3v) is 2.44. The van der Waals surface area contributed by atoms with Crippen molar-refractivity contribution in [2.75, 3.05) is 12.4 Å². The SMILES string of the molecule is CCS(=O)(=O)OC(C)(C)CF. The molecule has 0 aromatic rings. The lowest BCUT2D eigenvalue weighted by Crippen LogP contribution is -2.30. The van der Waals surface area contributed by atoms with Crippen molar-refractivity contribution in [2.24, 2.45) is 0 Å². The average molecular weight is 184 g/mol. The van der Waals surface area contributed by atoms with E-state index in [9.17, 15) is 12.8 Å². The van der Waals surface area contributed by atoms with Crippen LogP contribution in [0.15, 0.2) is 0 Å². The van der Waals surface area contributed by atoms with E-state index in [-0.39, 0.29) is 5.75 Å². The highest BCUT2D eigenvalue weighted by Gasteiger charge is 2.25. The predicted molar refractivity (Wildman–Crippen MR) is 40.6 cm³/mol. The van der Waals surface area contributed by atoms with Crippen LogP contribution in [-0.4, -0.2) is 26.4 Å². The smallest absolute Gasteiger partial charge is 0.261 e. The van der Waals surface area contributed by atoms with Gasteiger partial charge in [0.05, 0.1) is 5.75 Å². The first-order valence-corrected chi connectivity index (χ1v) is 4.90. The van der Waals surface area contributed by atoms with E-state index in [0.717, 1.165) is 0 Å². The Morgan fingerprint density at radius 2 is 1.91 bits per heavy atom. The second kappa shape index (κ2) is 3.49. The minimum atomic E-state index is -3.53. The van der Waals surface area contributed by atoms with Gasteiger partial charge in [-0.05, 0) is 20.8 Å². The van der Waals surface area contributed by atoms with E-state index in [1.807, 2.05) is 0 Å². The summed E-state index contributed by atoms with van der Waals surface area (Å²) in [6, 6.07) is 0. The molecule has 68 valence electrons. The lowest BCUT2D eigenvalue weighted by atomic mass is 10.2. The molecule has 0 aliphatic rings. The van der Waals surface area contributed by atoms with Gasteiger partial charge in [0.15, 0.2) is 0 Å². The van der Waals surface area contributed by atoms with E-state index < -0.39 is 22.4 Å². The maximum Gasteiger partial charge on any atom is 0.267 e. The minimum Gasteiger partial charge on any atom is -0.261 e. The molecule has 0 rings (SSSR count). The van der Waals surface area contributed by atoms with Gasteiger partial charge in [-0.1, -0.05) is 0 Å². The monoisotopic (exact) mass is 184 g/mol. The van der Waals surface area contributed by atoms with Gasteiger partial charge in [0.1, 0.15) is 12.3 Å². The fourth-order valence-electron chi connectivity index (χ4n) is 0.425. The third-order valence-electron chi connectivity index (χ3n) is 1.03. The van der Waals surface area contributed by atoms with Crippen LogP contribution in [0, 0.1) is 0 Å². The third kappa shape index (κ3) is 4.31. The molecule has 0 aliphatic heterocycles. The van der Waals surface area contributed by atoms with Crippen LogP contribution in [0.25, 0.3) is 0 Å². The maximum absolute atomic E-state index is 12.0. The van der Waals surface area contributed by atoms with Crippen molar-refractivity contribution in [3.8, 4) is 0 Å². The molecule has 0 aromatic heterocycles. The first kappa shape index (κ1) is 10.8. The molecule has 0 bridgehead atoms. The Morgan fingerprint density at radius 3 is 2.18 bits per heavy atom. The highest BCUT2D eigenvalue weighted by atomic mass is 32.2. The van der Waals surface area contributed by atoms with Gasteiger partial charge in [-0.3, -0.25) is 4.18 Å². The zero-order chi connectivity index (χ0) is 9.12. The quantitative estimate of drug-likeness (QED) is 0.614. The number of hydrogen-bond donors (Lipinski definition) is 0. The van der Waals surface area contributed by atoms with Crippen molar-refractivity contribution >= 4 is 10.1 Å². The van der Waals surface area contributed by atoms with E-state index in [4.69, 9.17) is 0 Å². The molecule has 0 saturated carbocycles. The Hall–Kier alpha value is -0.160. The molecular formula is C6H13FO3S. The van der Waals surface area contributed by atoms with Gasteiger partial charge < -0.3 is 0 Å². The van der Waals surface area contributed by atoms with Crippen LogP contribution in [0.1, 0.15) is 20.8 Å². The number of halogens is 1. The van der Waals surface area contributed by atoms with Crippen LogP contribution < -0.4 is 0 Å². The highest BCUT2D eigenvalue weighted by Crippen LogP contribution is 2.13. The summed E-state index contributed by atoms with van der Waals surface area (Å²) in [5.74, 6) is -0.129. The molecule has 3 nitrogen and oxygen atoms in total. The van der Waals surface area contributed by atoms with Gasteiger partial charge in [-0.15, -0.1) is 0 Å². The topological polar surface area (TPSA) is 43.4 Å². The Bertz CT molecular complexity index is 208. The average Bonchev–Trinajstić information content (AvgIpc) is 1.86. The summed E-state index contributed by atoms with van der Waals surface area (Å²) in [5, 5.41) is 0. The van der Waals surface area contributed by atoms with Crippen LogP contribution in [0.2, 0.25) is 0 Å². The second-order valence-electron chi connectivity index (χ2n) is 2.82. The molecular weight excluding hydrogens is 171 g/mol. The maximum atomic E-state index is 12.0. The van der Waals surface area contributed by atoms with Crippen molar-refractivity contribution in [3.63, 3.8) is 0 Å². The summed E-state index contributed by atoms with van der Waals surface area (Å²) < 4.78 is 38.1. The van der Waals surface area contributed by atoms with Crippen LogP contribution >= 0.6 is 0 Å². The summed E-state index contributed by atoms with van der Waals surface area (Å²) in [4.78, 5) is 0. The molecule has 0 unspecified atom stereocenters. The molecule has 0 spiro atoms. The Morgan fingerprint density at radius 1 is 1.45 bits per heavy atom. The summed E-state index contributed by atoms with van der Waals surface area (Å²) in [7, 11) is -3.53. The standard InChI is InChI=1S/C6H13FO3S/c1-4-11(8,9)10-6(2,3)5-7/h4-5H2,1-3H3. The van der Waals surface area contributed by atoms with Crippen LogP contribution in [0.5, 0.6) is 0 Å². The highest BCUT2D eigenvalue weighted by molar-refractivity contribution is 7.86. The number of rotatable bonds is 4. The number of alkyl halides is 1. The molecule has 0 saturated heterocycles. The summed E-state index contributed by atoms with van der Waals surface area (Å²) in [5.41, 5.74) is -1.23. The zero-order valence-electron chi connectivity index (χ0n) is 6.93. The van der Waals surface area contributed by atoms with Crippen LogP contribution in [0.4, 0.5) is 4.39 Å². The Kier molecular flexibility index (Phi) is 3.44. The lowest BCUT2D eigenvalue weighted by molar-refractivity contribution is 0.0862. The Labute approximate surface area is 66.7 Å². The van der Waals surface area contributed by atoms with Crippen molar-refractivity contribution in [1.82, 2.24) is 0 Å². The van der Waals surface area contributed by atoms with Gasteiger partial charge in [0.25, 0.3) is 10.1 Å². The molecule has 0 N–H and O–H groups in total. The van der Waals surface area contributed by atoms with Gasteiger partial charge in [-0.25, -0.2) is 4.39 Å². The molecule has 0 heterocycles. The zero-order valence-corrected chi connectivity index (χ0v) is 7.74. The molecule has 0 atom stereocenters. The van der Waals surface area contributed by atoms with E-state index >= 15 is 0 Å². The number of hydrogen-bond acceptors (Lipinski definition) is 3. The largest absolute Gasteiger partial charge is 0.267 e. The predicted octanol–water partition coefficient (Wildman–Crippen LogP) is 1.10. The lowest BCUT2D eigenvalue weighted by Gasteiger charge is -2.19. The second-order valence-corrected chi connectivity index (χ2v) is 4.68.